The molecule has 106 valence electrons. The van der Waals surface area contributed by atoms with Gasteiger partial charge in [-0.25, -0.2) is 0 Å². The maximum absolute atomic E-state index is 5.25. The van der Waals surface area contributed by atoms with E-state index in [1.54, 1.807) is 43.2 Å². The third-order valence-corrected chi connectivity index (χ3v) is 3.33. The van der Waals surface area contributed by atoms with Gasteiger partial charge in [0.15, 0.2) is 11.5 Å². The Balaban J connectivity index is 2.20. The minimum Gasteiger partial charge on any atom is -0.493 e. The maximum atomic E-state index is 5.25. The van der Waals surface area contributed by atoms with E-state index in [2.05, 4.69) is 22.2 Å². The lowest BCUT2D eigenvalue weighted by Gasteiger charge is -2.07. The Bertz CT molecular complexity index is 598. The number of rotatable bonds is 6. The molecule has 0 unspecified atom stereocenters. The number of nitrogens with zero attached hydrogens (tertiary/aromatic N) is 4. The lowest BCUT2D eigenvalue weighted by Crippen LogP contribution is -1.94. The molecule has 0 radical (unpaired) electrons. The van der Waals surface area contributed by atoms with Gasteiger partial charge in [-0.05, 0) is 29.5 Å². The molecular weight excluding hydrogens is 276 g/mol. The van der Waals surface area contributed by atoms with Crippen molar-refractivity contribution >= 4 is 18.0 Å². The normalized spacial score (nSPS) is 10.9. The smallest absolute Gasteiger partial charge is 0.211 e. The van der Waals surface area contributed by atoms with Crippen molar-refractivity contribution in [2.75, 3.05) is 20.0 Å². The van der Waals surface area contributed by atoms with Gasteiger partial charge in [-0.2, -0.15) is 9.78 Å². The van der Waals surface area contributed by atoms with Crippen LogP contribution < -0.4 is 9.47 Å². The summed E-state index contributed by atoms with van der Waals surface area (Å²) in [7, 11) is 3.21. The van der Waals surface area contributed by atoms with E-state index in [4.69, 9.17) is 9.47 Å². The van der Waals surface area contributed by atoms with Crippen LogP contribution in [0.1, 0.15) is 12.5 Å². The summed E-state index contributed by atoms with van der Waals surface area (Å²) in [5.74, 6) is 2.28. The number of methoxy groups -OCH3 is 2. The van der Waals surface area contributed by atoms with Crippen LogP contribution in [0.25, 0.3) is 0 Å². The molecule has 6 nitrogen and oxygen atoms in total. The van der Waals surface area contributed by atoms with Gasteiger partial charge in [0.1, 0.15) is 6.33 Å². The molecule has 0 spiro atoms. The average molecular weight is 292 g/mol. The van der Waals surface area contributed by atoms with Crippen molar-refractivity contribution in [1.29, 1.82) is 0 Å². The van der Waals surface area contributed by atoms with Crippen LogP contribution in [0.2, 0.25) is 0 Å². The second kappa shape index (κ2) is 6.95. The van der Waals surface area contributed by atoms with Gasteiger partial charge in [-0.15, -0.1) is 10.2 Å². The Hall–Kier alpha value is -2.02. The standard InChI is InChI=1S/C13H16N4O2S/c1-4-20-13-16-14-9-17(13)15-8-10-5-6-11(18-2)12(7-10)19-3/h5-9H,4H2,1-3H3. The van der Waals surface area contributed by atoms with Crippen LogP contribution in [0.5, 0.6) is 11.5 Å². The van der Waals surface area contributed by atoms with Crippen LogP contribution in [-0.4, -0.2) is 41.1 Å². The molecule has 0 amide bonds. The van der Waals surface area contributed by atoms with Crippen LogP contribution in [-0.2, 0) is 0 Å². The fraction of sp³-hybridized carbons (Fsp3) is 0.308. The van der Waals surface area contributed by atoms with Gasteiger partial charge in [0, 0.05) is 0 Å². The summed E-state index contributed by atoms with van der Waals surface area (Å²) in [5.41, 5.74) is 0.906. The Morgan fingerprint density at radius 2 is 2.10 bits per heavy atom. The van der Waals surface area contributed by atoms with Gasteiger partial charge in [0.25, 0.3) is 0 Å². The highest BCUT2D eigenvalue weighted by molar-refractivity contribution is 7.99. The summed E-state index contributed by atoms with van der Waals surface area (Å²) in [5, 5.41) is 12.9. The van der Waals surface area contributed by atoms with Crippen LogP contribution in [0.4, 0.5) is 0 Å². The molecule has 0 bridgehead atoms. The number of benzene rings is 1. The number of aromatic nitrogens is 3. The zero-order valence-corrected chi connectivity index (χ0v) is 12.4. The van der Waals surface area contributed by atoms with E-state index < -0.39 is 0 Å². The molecule has 0 saturated heterocycles. The molecule has 1 heterocycles. The number of hydrogen-bond acceptors (Lipinski definition) is 6. The summed E-state index contributed by atoms with van der Waals surface area (Å²) in [4.78, 5) is 0. The van der Waals surface area contributed by atoms with E-state index in [1.165, 1.54) is 0 Å². The molecule has 0 aliphatic rings. The minimum atomic E-state index is 0.670. The topological polar surface area (TPSA) is 61.5 Å². The Morgan fingerprint density at radius 1 is 1.30 bits per heavy atom. The van der Waals surface area contributed by atoms with Gasteiger partial charge >= 0.3 is 0 Å². The monoisotopic (exact) mass is 292 g/mol. The van der Waals surface area contributed by atoms with Crippen LogP contribution in [0.3, 0.4) is 0 Å². The fourth-order valence-corrected chi connectivity index (χ4v) is 2.17. The lowest BCUT2D eigenvalue weighted by atomic mass is 10.2. The van der Waals surface area contributed by atoms with Gasteiger partial charge in [0.2, 0.25) is 5.16 Å². The van der Waals surface area contributed by atoms with Crippen molar-refractivity contribution in [3.05, 3.63) is 30.1 Å². The highest BCUT2D eigenvalue weighted by atomic mass is 32.2. The summed E-state index contributed by atoms with van der Waals surface area (Å²) >= 11 is 1.59. The average Bonchev–Trinajstić information content (AvgIpc) is 2.92. The van der Waals surface area contributed by atoms with E-state index in [0.29, 0.717) is 11.5 Å². The minimum absolute atomic E-state index is 0.670. The first-order valence-electron chi connectivity index (χ1n) is 6.07. The lowest BCUT2D eigenvalue weighted by molar-refractivity contribution is 0.355. The molecule has 0 atom stereocenters. The second-order valence-corrected chi connectivity index (χ2v) is 4.98. The zero-order valence-electron chi connectivity index (χ0n) is 11.6. The van der Waals surface area contributed by atoms with E-state index in [1.807, 2.05) is 18.2 Å². The third kappa shape index (κ3) is 3.30. The van der Waals surface area contributed by atoms with Crippen molar-refractivity contribution in [3.8, 4) is 11.5 Å². The highest BCUT2D eigenvalue weighted by Gasteiger charge is 2.04. The van der Waals surface area contributed by atoms with Crippen molar-refractivity contribution in [2.24, 2.45) is 5.10 Å². The Morgan fingerprint density at radius 3 is 2.80 bits per heavy atom. The SMILES string of the molecule is CCSc1nncn1N=Cc1ccc(OC)c(OC)c1. The molecule has 2 aromatic rings. The molecule has 20 heavy (non-hydrogen) atoms. The van der Waals surface area contributed by atoms with Crippen molar-refractivity contribution in [2.45, 2.75) is 12.1 Å². The van der Waals surface area contributed by atoms with Crippen molar-refractivity contribution < 1.29 is 9.47 Å². The molecule has 0 fully saturated rings. The van der Waals surface area contributed by atoms with Crippen molar-refractivity contribution in [3.63, 3.8) is 0 Å². The summed E-state index contributed by atoms with van der Waals surface area (Å²) in [6, 6.07) is 5.61. The molecule has 0 aliphatic heterocycles. The molecule has 1 aromatic heterocycles. The van der Waals surface area contributed by atoms with E-state index in [9.17, 15) is 0 Å². The largest absolute Gasteiger partial charge is 0.493 e. The zero-order chi connectivity index (χ0) is 14.4. The Kier molecular flexibility index (Phi) is 5.00. The quantitative estimate of drug-likeness (QED) is 0.604. The molecule has 7 heteroatoms. The van der Waals surface area contributed by atoms with Gasteiger partial charge < -0.3 is 9.47 Å². The van der Waals surface area contributed by atoms with Gasteiger partial charge in [-0.3, -0.25) is 0 Å². The molecule has 2 rings (SSSR count). The first-order valence-corrected chi connectivity index (χ1v) is 7.06. The van der Waals surface area contributed by atoms with E-state index >= 15 is 0 Å². The predicted molar refractivity (Wildman–Crippen MR) is 79.0 cm³/mol. The molecule has 1 aromatic carbocycles. The van der Waals surface area contributed by atoms with E-state index in [-0.39, 0.29) is 0 Å². The highest BCUT2D eigenvalue weighted by Crippen LogP contribution is 2.26. The number of ether oxygens (including phenoxy) is 2. The fourth-order valence-electron chi connectivity index (χ4n) is 1.58. The molecule has 0 N–H and O–H groups in total. The van der Waals surface area contributed by atoms with Gasteiger partial charge in [-0.1, -0.05) is 18.7 Å². The Labute approximate surface area is 121 Å². The summed E-state index contributed by atoms with van der Waals surface area (Å²) < 4.78 is 12.1. The van der Waals surface area contributed by atoms with E-state index in [0.717, 1.165) is 16.5 Å². The van der Waals surface area contributed by atoms with Crippen LogP contribution in [0, 0.1) is 0 Å². The predicted octanol–water partition coefficient (Wildman–Crippen LogP) is 2.29. The number of thioether (sulfide) groups is 1. The first kappa shape index (κ1) is 14.4. The molecule has 0 saturated carbocycles. The van der Waals surface area contributed by atoms with Crippen LogP contribution >= 0.6 is 11.8 Å². The molecular formula is C13H16N4O2S. The number of hydrogen-bond donors (Lipinski definition) is 0. The van der Waals surface area contributed by atoms with Crippen molar-refractivity contribution in [1.82, 2.24) is 14.9 Å². The maximum Gasteiger partial charge on any atom is 0.211 e. The van der Waals surface area contributed by atoms with Gasteiger partial charge in [0.05, 0.1) is 20.4 Å². The third-order valence-electron chi connectivity index (χ3n) is 2.51. The summed E-state index contributed by atoms with van der Waals surface area (Å²) in [6.07, 6.45) is 3.31. The van der Waals surface area contributed by atoms with Crippen LogP contribution in [0.15, 0.2) is 34.8 Å². The molecule has 0 aliphatic carbocycles. The second-order valence-electron chi connectivity index (χ2n) is 3.75. The first-order chi connectivity index (χ1) is 9.78. The summed E-state index contributed by atoms with van der Waals surface area (Å²) in [6.45, 7) is 2.06.